The number of benzene rings is 2. The zero-order valence-corrected chi connectivity index (χ0v) is 17.9. The molecule has 1 N–H and O–H groups in total. The van der Waals surface area contributed by atoms with Crippen molar-refractivity contribution in [2.75, 3.05) is 6.61 Å². The van der Waals surface area contributed by atoms with E-state index in [9.17, 15) is 4.79 Å². The minimum atomic E-state index is -0.358. The summed E-state index contributed by atoms with van der Waals surface area (Å²) in [6, 6.07) is 13.2. The second kappa shape index (κ2) is 9.14. The fourth-order valence-electron chi connectivity index (χ4n) is 3.19. The van der Waals surface area contributed by atoms with Gasteiger partial charge in [-0.3, -0.25) is 4.79 Å². The summed E-state index contributed by atoms with van der Waals surface area (Å²) in [5.74, 6) is 1.46. The Morgan fingerprint density at radius 2 is 1.97 bits per heavy atom. The number of carbonyl (C=O) groups excluding carboxylic acids is 1. The van der Waals surface area contributed by atoms with Gasteiger partial charge in [0.1, 0.15) is 17.6 Å². The Hall–Kier alpha value is -2.79. The fourth-order valence-corrected chi connectivity index (χ4v) is 3.36. The van der Waals surface area contributed by atoms with E-state index in [2.05, 4.69) is 24.1 Å². The SMILES string of the molecule is Cc1cc(OCC(=O)NC(c2ccccc2)c2nccn2C)c(C(C)C)cc1Cl. The third kappa shape index (κ3) is 4.98. The highest BCUT2D eigenvalue weighted by molar-refractivity contribution is 6.31. The van der Waals surface area contributed by atoms with Gasteiger partial charge in [-0.15, -0.1) is 0 Å². The van der Waals surface area contributed by atoms with Gasteiger partial charge in [0.2, 0.25) is 0 Å². The fraction of sp³-hybridized carbons (Fsp3) is 0.304. The van der Waals surface area contributed by atoms with Crippen LogP contribution in [0.3, 0.4) is 0 Å². The average Bonchev–Trinajstić information content (AvgIpc) is 3.12. The summed E-state index contributed by atoms with van der Waals surface area (Å²) in [5.41, 5.74) is 2.86. The molecule has 0 fully saturated rings. The number of nitrogens with one attached hydrogen (secondary N) is 1. The van der Waals surface area contributed by atoms with Crippen molar-refractivity contribution in [1.82, 2.24) is 14.9 Å². The van der Waals surface area contributed by atoms with Crippen LogP contribution in [0.15, 0.2) is 54.9 Å². The van der Waals surface area contributed by atoms with Crippen molar-refractivity contribution >= 4 is 17.5 Å². The van der Waals surface area contributed by atoms with Gasteiger partial charge in [-0.2, -0.15) is 0 Å². The molecule has 0 spiro atoms. The number of imidazole rings is 1. The molecule has 2 aromatic carbocycles. The number of hydrogen-bond acceptors (Lipinski definition) is 3. The maximum Gasteiger partial charge on any atom is 0.258 e. The molecule has 0 aliphatic carbocycles. The number of carbonyl (C=O) groups is 1. The van der Waals surface area contributed by atoms with Gasteiger partial charge in [-0.05, 0) is 41.7 Å². The Morgan fingerprint density at radius 1 is 1.24 bits per heavy atom. The van der Waals surface area contributed by atoms with Gasteiger partial charge in [0.05, 0.1) is 0 Å². The number of nitrogens with zero attached hydrogens (tertiary/aromatic N) is 2. The van der Waals surface area contributed by atoms with Crippen molar-refractivity contribution in [1.29, 1.82) is 0 Å². The summed E-state index contributed by atoms with van der Waals surface area (Å²) in [5, 5.41) is 3.75. The summed E-state index contributed by atoms with van der Waals surface area (Å²) in [4.78, 5) is 17.2. The number of ether oxygens (including phenoxy) is 1. The van der Waals surface area contributed by atoms with Crippen molar-refractivity contribution < 1.29 is 9.53 Å². The molecule has 0 saturated heterocycles. The van der Waals surface area contributed by atoms with E-state index < -0.39 is 0 Å². The molecule has 1 heterocycles. The molecule has 0 saturated carbocycles. The Balaban J connectivity index is 1.77. The first-order valence-electron chi connectivity index (χ1n) is 9.61. The lowest BCUT2D eigenvalue weighted by Crippen LogP contribution is -2.34. The van der Waals surface area contributed by atoms with Gasteiger partial charge >= 0.3 is 0 Å². The molecule has 0 radical (unpaired) electrons. The van der Waals surface area contributed by atoms with Crippen LogP contribution in [0.2, 0.25) is 5.02 Å². The molecule has 1 aromatic heterocycles. The molecule has 1 atom stereocenters. The minimum Gasteiger partial charge on any atom is -0.483 e. The lowest BCUT2D eigenvalue weighted by atomic mass is 10.0. The quantitative estimate of drug-likeness (QED) is 0.608. The molecular formula is C23H26ClN3O2. The molecule has 29 heavy (non-hydrogen) atoms. The van der Waals surface area contributed by atoms with Gasteiger partial charge < -0.3 is 14.6 Å². The van der Waals surface area contributed by atoms with Gasteiger partial charge in [0, 0.05) is 24.5 Å². The number of halogens is 1. The summed E-state index contributed by atoms with van der Waals surface area (Å²) in [6.45, 7) is 5.97. The van der Waals surface area contributed by atoms with Crippen molar-refractivity contribution in [3.63, 3.8) is 0 Å². The van der Waals surface area contributed by atoms with Crippen LogP contribution < -0.4 is 10.1 Å². The predicted molar refractivity (Wildman–Crippen MR) is 115 cm³/mol. The Bertz CT molecular complexity index is 983. The van der Waals surface area contributed by atoms with E-state index in [-0.39, 0.29) is 24.5 Å². The standard InChI is InChI=1S/C23H26ClN3O2/c1-15(2)18-13-19(24)16(3)12-20(18)29-14-21(28)26-22(17-8-6-5-7-9-17)23-25-10-11-27(23)4/h5-13,15,22H,14H2,1-4H3,(H,26,28). The van der Waals surface area contributed by atoms with Crippen molar-refractivity contribution in [2.24, 2.45) is 7.05 Å². The Labute approximate surface area is 176 Å². The van der Waals surface area contributed by atoms with Crippen molar-refractivity contribution in [3.8, 4) is 5.75 Å². The highest BCUT2D eigenvalue weighted by Crippen LogP contribution is 2.32. The predicted octanol–water partition coefficient (Wildman–Crippen LogP) is 4.79. The summed E-state index contributed by atoms with van der Waals surface area (Å²) < 4.78 is 7.78. The highest BCUT2D eigenvalue weighted by atomic mass is 35.5. The molecule has 5 nitrogen and oxygen atoms in total. The van der Waals surface area contributed by atoms with E-state index in [4.69, 9.17) is 16.3 Å². The normalized spacial score (nSPS) is 12.1. The van der Waals surface area contributed by atoms with Gasteiger partial charge in [0.25, 0.3) is 5.91 Å². The second-order valence-electron chi connectivity index (χ2n) is 7.39. The van der Waals surface area contributed by atoms with E-state index in [0.29, 0.717) is 10.8 Å². The first kappa shape index (κ1) is 20.9. The summed E-state index contributed by atoms with van der Waals surface area (Å²) in [6.07, 6.45) is 3.58. The molecule has 1 amide bonds. The average molecular weight is 412 g/mol. The van der Waals surface area contributed by atoms with Crippen molar-refractivity contribution in [2.45, 2.75) is 32.7 Å². The largest absolute Gasteiger partial charge is 0.483 e. The van der Waals surface area contributed by atoms with E-state index in [1.807, 2.05) is 67.2 Å². The van der Waals surface area contributed by atoms with Crippen LogP contribution in [-0.2, 0) is 11.8 Å². The van der Waals surface area contributed by atoms with Crippen LogP contribution in [0.1, 0.15) is 48.3 Å². The van der Waals surface area contributed by atoms with E-state index in [1.165, 1.54) is 0 Å². The molecule has 0 bridgehead atoms. The molecular weight excluding hydrogens is 386 g/mol. The van der Waals surface area contributed by atoms with Crippen LogP contribution in [0.4, 0.5) is 0 Å². The molecule has 1 unspecified atom stereocenters. The number of rotatable bonds is 7. The van der Waals surface area contributed by atoms with E-state index >= 15 is 0 Å². The number of hydrogen-bond donors (Lipinski definition) is 1. The highest BCUT2D eigenvalue weighted by Gasteiger charge is 2.21. The molecule has 6 heteroatoms. The molecule has 0 aliphatic rings. The Morgan fingerprint density at radius 3 is 2.59 bits per heavy atom. The van der Waals surface area contributed by atoms with Gasteiger partial charge in [-0.1, -0.05) is 55.8 Å². The molecule has 0 aliphatic heterocycles. The zero-order valence-electron chi connectivity index (χ0n) is 17.1. The molecule has 152 valence electrons. The van der Waals surface area contributed by atoms with Crippen LogP contribution in [0.5, 0.6) is 5.75 Å². The lowest BCUT2D eigenvalue weighted by molar-refractivity contribution is -0.123. The number of amides is 1. The lowest BCUT2D eigenvalue weighted by Gasteiger charge is -2.20. The van der Waals surface area contributed by atoms with Crippen LogP contribution in [-0.4, -0.2) is 22.1 Å². The van der Waals surface area contributed by atoms with E-state index in [0.717, 1.165) is 22.5 Å². The minimum absolute atomic E-state index is 0.0887. The van der Waals surface area contributed by atoms with Gasteiger partial charge in [-0.25, -0.2) is 4.98 Å². The number of aryl methyl sites for hydroxylation is 2. The van der Waals surface area contributed by atoms with Crippen LogP contribution in [0.25, 0.3) is 0 Å². The summed E-state index contributed by atoms with van der Waals surface area (Å²) >= 11 is 6.26. The van der Waals surface area contributed by atoms with Crippen molar-refractivity contribution in [3.05, 3.63) is 82.4 Å². The van der Waals surface area contributed by atoms with E-state index in [1.54, 1.807) is 6.20 Å². The smallest absolute Gasteiger partial charge is 0.258 e. The molecule has 3 aromatic rings. The zero-order chi connectivity index (χ0) is 21.0. The van der Waals surface area contributed by atoms with Gasteiger partial charge in [0.15, 0.2) is 6.61 Å². The second-order valence-corrected chi connectivity index (χ2v) is 7.80. The Kier molecular flexibility index (Phi) is 6.60. The number of aromatic nitrogens is 2. The first-order valence-corrected chi connectivity index (χ1v) is 9.99. The maximum absolute atomic E-state index is 12.7. The third-order valence-electron chi connectivity index (χ3n) is 4.83. The molecule has 3 rings (SSSR count). The summed E-state index contributed by atoms with van der Waals surface area (Å²) in [7, 11) is 1.91. The topological polar surface area (TPSA) is 56.1 Å². The monoisotopic (exact) mass is 411 g/mol. The first-order chi connectivity index (χ1) is 13.9. The van der Waals surface area contributed by atoms with Crippen LogP contribution in [0, 0.1) is 6.92 Å². The van der Waals surface area contributed by atoms with Crippen LogP contribution >= 0.6 is 11.6 Å². The maximum atomic E-state index is 12.7. The third-order valence-corrected chi connectivity index (χ3v) is 5.23.